The van der Waals surface area contributed by atoms with Crippen LogP contribution in [0.5, 0.6) is 5.75 Å². The maximum atomic E-state index is 12.2. The minimum atomic E-state index is 0.0410. The van der Waals surface area contributed by atoms with Crippen molar-refractivity contribution in [2.45, 2.75) is 17.4 Å². The zero-order valence-electron chi connectivity index (χ0n) is 15.4. The second-order valence-corrected chi connectivity index (χ2v) is 7.63. The smallest absolute Gasteiger partial charge is 0.220 e. The van der Waals surface area contributed by atoms with Crippen molar-refractivity contribution in [3.8, 4) is 5.75 Å². The highest BCUT2D eigenvalue weighted by atomic mass is 35.5. The van der Waals surface area contributed by atoms with Gasteiger partial charge in [0.1, 0.15) is 5.75 Å². The normalized spacial score (nSPS) is 12.0. The first-order chi connectivity index (χ1) is 12.5. The molecule has 4 nitrogen and oxygen atoms in total. The van der Waals surface area contributed by atoms with Gasteiger partial charge in [0.05, 0.1) is 18.2 Å². The van der Waals surface area contributed by atoms with Crippen LogP contribution in [0.1, 0.15) is 18.0 Å². The highest BCUT2D eigenvalue weighted by molar-refractivity contribution is 7.99. The fourth-order valence-electron chi connectivity index (χ4n) is 2.56. The van der Waals surface area contributed by atoms with E-state index in [2.05, 4.69) is 10.2 Å². The van der Waals surface area contributed by atoms with Gasteiger partial charge in [-0.15, -0.1) is 11.8 Å². The molecule has 26 heavy (non-hydrogen) atoms. The van der Waals surface area contributed by atoms with E-state index in [-0.39, 0.29) is 11.9 Å². The van der Waals surface area contributed by atoms with E-state index in [0.717, 1.165) is 21.2 Å². The molecule has 2 aromatic carbocycles. The van der Waals surface area contributed by atoms with Gasteiger partial charge in [0.15, 0.2) is 0 Å². The van der Waals surface area contributed by atoms with Crippen molar-refractivity contribution >= 4 is 29.3 Å². The Hall–Kier alpha value is -1.69. The number of likely N-dealkylation sites (N-methyl/N-ethyl adjacent to an activating group) is 1. The third-order valence-electron chi connectivity index (χ3n) is 4.02. The Morgan fingerprint density at radius 2 is 2.00 bits per heavy atom. The maximum absolute atomic E-state index is 12.2. The highest BCUT2D eigenvalue weighted by Gasteiger charge is 2.16. The molecule has 0 saturated heterocycles. The van der Waals surface area contributed by atoms with Gasteiger partial charge in [-0.25, -0.2) is 0 Å². The first-order valence-electron chi connectivity index (χ1n) is 8.45. The summed E-state index contributed by atoms with van der Waals surface area (Å²) in [6.07, 6.45) is 0.453. The molecule has 1 unspecified atom stereocenters. The Labute approximate surface area is 164 Å². The lowest BCUT2D eigenvalue weighted by molar-refractivity contribution is -0.120. The number of nitrogens with one attached hydrogen (secondary N) is 1. The van der Waals surface area contributed by atoms with Crippen LogP contribution in [-0.4, -0.2) is 44.3 Å². The van der Waals surface area contributed by atoms with E-state index in [9.17, 15) is 4.79 Å². The fourth-order valence-corrected chi connectivity index (χ4v) is 3.75. The Morgan fingerprint density at radius 3 is 2.69 bits per heavy atom. The molecule has 1 atom stereocenters. The second-order valence-electron chi connectivity index (χ2n) is 6.09. The summed E-state index contributed by atoms with van der Waals surface area (Å²) in [6, 6.07) is 15.7. The van der Waals surface area contributed by atoms with E-state index in [0.29, 0.717) is 18.7 Å². The van der Waals surface area contributed by atoms with Gasteiger partial charge in [-0.05, 0) is 43.9 Å². The zero-order chi connectivity index (χ0) is 18.9. The number of hydrogen-bond donors (Lipinski definition) is 1. The quantitative estimate of drug-likeness (QED) is 0.648. The molecule has 0 bridgehead atoms. The lowest BCUT2D eigenvalue weighted by atomic mass is 10.1. The number of rotatable bonds is 9. The molecule has 0 saturated carbocycles. The lowest BCUT2D eigenvalue weighted by Crippen LogP contribution is -2.34. The molecule has 0 spiro atoms. The van der Waals surface area contributed by atoms with Crippen LogP contribution in [0.15, 0.2) is 53.4 Å². The van der Waals surface area contributed by atoms with Crippen molar-refractivity contribution in [3.05, 3.63) is 59.1 Å². The number of halogens is 1. The zero-order valence-corrected chi connectivity index (χ0v) is 16.9. The van der Waals surface area contributed by atoms with Crippen LogP contribution in [-0.2, 0) is 4.79 Å². The second kappa shape index (κ2) is 10.5. The minimum Gasteiger partial charge on any atom is -0.497 e. The van der Waals surface area contributed by atoms with Crippen molar-refractivity contribution < 1.29 is 9.53 Å². The van der Waals surface area contributed by atoms with Gasteiger partial charge in [0.2, 0.25) is 5.91 Å². The summed E-state index contributed by atoms with van der Waals surface area (Å²) in [7, 11) is 5.66. The topological polar surface area (TPSA) is 41.6 Å². The number of carbonyl (C=O) groups excluding carboxylic acids is 1. The standard InChI is InChI=1S/C20H25ClN2O2S/c1-23(2)18(15-7-6-8-16(13-15)25-3)14-22-20(24)11-12-26-19-10-5-4-9-17(19)21/h4-10,13,18H,11-12,14H2,1-3H3,(H,22,24). The monoisotopic (exact) mass is 392 g/mol. The summed E-state index contributed by atoms with van der Waals surface area (Å²) in [4.78, 5) is 15.3. The SMILES string of the molecule is COc1cccc(C(CNC(=O)CCSc2ccccc2Cl)N(C)C)c1. The number of hydrogen-bond acceptors (Lipinski definition) is 4. The highest BCUT2D eigenvalue weighted by Crippen LogP contribution is 2.27. The van der Waals surface area contributed by atoms with E-state index >= 15 is 0 Å². The molecule has 0 aliphatic heterocycles. The van der Waals surface area contributed by atoms with Gasteiger partial charge in [0.25, 0.3) is 0 Å². The number of nitrogens with zero attached hydrogens (tertiary/aromatic N) is 1. The Kier molecular flexibility index (Phi) is 8.29. The molecule has 6 heteroatoms. The molecule has 0 heterocycles. The van der Waals surface area contributed by atoms with Crippen molar-refractivity contribution in [1.82, 2.24) is 10.2 Å². The summed E-state index contributed by atoms with van der Waals surface area (Å²) in [5.74, 6) is 1.55. The van der Waals surface area contributed by atoms with Gasteiger partial charge in [-0.1, -0.05) is 35.9 Å². The first-order valence-corrected chi connectivity index (χ1v) is 9.82. The van der Waals surface area contributed by atoms with Crippen molar-refractivity contribution in [1.29, 1.82) is 0 Å². The van der Waals surface area contributed by atoms with E-state index in [4.69, 9.17) is 16.3 Å². The molecule has 0 aromatic heterocycles. The molecule has 2 aromatic rings. The van der Waals surface area contributed by atoms with Gasteiger partial charge < -0.3 is 15.0 Å². The summed E-state index contributed by atoms with van der Waals surface area (Å²) in [5, 5.41) is 3.76. The molecular weight excluding hydrogens is 368 g/mol. The summed E-state index contributed by atoms with van der Waals surface area (Å²) < 4.78 is 5.30. The molecule has 0 aliphatic rings. The van der Waals surface area contributed by atoms with Gasteiger partial charge in [-0.3, -0.25) is 4.79 Å². The van der Waals surface area contributed by atoms with Gasteiger partial charge in [-0.2, -0.15) is 0 Å². The number of benzene rings is 2. The third kappa shape index (κ3) is 6.24. The predicted molar refractivity (Wildman–Crippen MR) is 109 cm³/mol. The van der Waals surface area contributed by atoms with Crippen molar-refractivity contribution in [2.75, 3.05) is 33.5 Å². The van der Waals surface area contributed by atoms with E-state index in [1.54, 1.807) is 18.9 Å². The Bertz CT molecular complexity index is 724. The van der Waals surface area contributed by atoms with Crippen LogP contribution in [0.3, 0.4) is 0 Å². The molecule has 140 valence electrons. The Morgan fingerprint density at radius 1 is 1.23 bits per heavy atom. The first kappa shape index (κ1) is 20.6. The average molecular weight is 393 g/mol. The largest absolute Gasteiger partial charge is 0.497 e. The van der Waals surface area contributed by atoms with E-state index < -0.39 is 0 Å². The van der Waals surface area contributed by atoms with Crippen molar-refractivity contribution in [2.24, 2.45) is 0 Å². The van der Waals surface area contributed by atoms with Gasteiger partial charge in [0, 0.05) is 23.6 Å². The van der Waals surface area contributed by atoms with Crippen LogP contribution in [0.2, 0.25) is 5.02 Å². The van der Waals surface area contributed by atoms with E-state index in [1.807, 2.05) is 62.6 Å². The number of amides is 1. The number of ether oxygens (including phenoxy) is 1. The summed E-state index contributed by atoms with van der Waals surface area (Å²) in [6.45, 7) is 0.551. The van der Waals surface area contributed by atoms with E-state index in [1.165, 1.54) is 0 Å². The number of carbonyl (C=O) groups is 1. The molecule has 0 aliphatic carbocycles. The molecule has 0 fully saturated rings. The predicted octanol–water partition coefficient (Wildman–Crippen LogP) is 4.25. The fraction of sp³-hybridized carbons (Fsp3) is 0.350. The van der Waals surface area contributed by atoms with Crippen LogP contribution in [0, 0.1) is 0 Å². The van der Waals surface area contributed by atoms with Crippen molar-refractivity contribution in [3.63, 3.8) is 0 Å². The number of thioether (sulfide) groups is 1. The number of methoxy groups -OCH3 is 1. The molecule has 0 radical (unpaired) electrons. The molecule has 2 rings (SSSR count). The minimum absolute atomic E-state index is 0.0410. The lowest BCUT2D eigenvalue weighted by Gasteiger charge is -2.25. The maximum Gasteiger partial charge on any atom is 0.220 e. The molecule has 1 amide bonds. The summed E-state index contributed by atoms with van der Waals surface area (Å²) in [5.41, 5.74) is 1.11. The molecular formula is C20H25ClN2O2S. The van der Waals surface area contributed by atoms with Crippen LogP contribution in [0.4, 0.5) is 0 Å². The third-order valence-corrected chi connectivity index (χ3v) is 5.53. The van der Waals surface area contributed by atoms with Gasteiger partial charge >= 0.3 is 0 Å². The van der Waals surface area contributed by atoms with Crippen LogP contribution < -0.4 is 10.1 Å². The average Bonchev–Trinajstić information content (AvgIpc) is 2.63. The Balaban J connectivity index is 1.84. The molecule has 1 N–H and O–H groups in total. The summed E-state index contributed by atoms with van der Waals surface area (Å²) >= 11 is 7.73. The van der Waals surface area contributed by atoms with Crippen LogP contribution >= 0.6 is 23.4 Å². The van der Waals surface area contributed by atoms with Crippen LogP contribution in [0.25, 0.3) is 0 Å².